The van der Waals surface area contributed by atoms with Crippen molar-refractivity contribution in [1.82, 2.24) is 0 Å². The van der Waals surface area contributed by atoms with Gasteiger partial charge in [0.25, 0.3) is 0 Å². The van der Waals surface area contributed by atoms with Gasteiger partial charge in [0, 0.05) is 0 Å². The fourth-order valence-corrected chi connectivity index (χ4v) is 1.57. The third-order valence-corrected chi connectivity index (χ3v) is 2.46. The normalized spacial score (nSPS) is 11.8. The zero-order valence-electron chi connectivity index (χ0n) is 9.52. The Balaban J connectivity index is 3.35. The predicted octanol–water partition coefficient (Wildman–Crippen LogP) is 3.37. The molecule has 0 fully saturated rings. The molecule has 0 spiro atoms. The number of aromatic hydroxyl groups is 1. The standard InChI is InChI=1S/C13H19O/c1-6-10-7-9(2)12(14)11(8-10)13(3,4)5/h7-8,14H,1,6H2,2-5H3. The average Bonchev–Trinajstić information content (AvgIpc) is 2.07. The summed E-state index contributed by atoms with van der Waals surface area (Å²) in [5.74, 6) is 0.426. The van der Waals surface area contributed by atoms with Crippen LogP contribution < -0.4 is 0 Å². The van der Waals surface area contributed by atoms with E-state index in [0.29, 0.717) is 5.75 Å². The third-order valence-electron chi connectivity index (χ3n) is 2.46. The molecule has 0 atom stereocenters. The van der Waals surface area contributed by atoms with Crippen LogP contribution in [0.3, 0.4) is 0 Å². The maximum absolute atomic E-state index is 9.93. The number of phenols is 1. The molecule has 0 unspecified atom stereocenters. The third kappa shape index (κ3) is 2.09. The van der Waals surface area contributed by atoms with Crippen LogP contribution in [0, 0.1) is 13.8 Å². The summed E-state index contributed by atoms with van der Waals surface area (Å²) in [5, 5.41) is 9.93. The molecular weight excluding hydrogens is 172 g/mol. The highest BCUT2D eigenvalue weighted by Crippen LogP contribution is 2.33. The smallest absolute Gasteiger partial charge is 0.122 e. The van der Waals surface area contributed by atoms with Crippen LogP contribution in [0.15, 0.2) is 12.1 Å². The van der Waals surface area contributed by atoms with Crippen molar-refractivity contribution < 1.29 is 5.11 Å². The van der Waals surface area contributed by atoms with E-state index in [0.717, 1.165) is 17.5 Å². The van der Waals surface area contributed by atoms with Gasteiger partial charge in [-0.25, -0.2) is 0 Å². The van der Waals surface area contributed by atoms with Crippen LogP contribution in [0.2, 0.25) is 0 Å². The van der Waals surface area contributed by atoms with Gasteiger partial charge >= 0.3 is 0 Å². The van der Waals surface area contributed by atoms with E-state index in [2.05, 4.69) is 33.8 Å². The minimum absolute atomic E-state index is 0.0139. The topological polar surface area (TPSA) is 20.2 Å². The maximum Gasteiger partial charge on any atom is 0.122 e. The van der Waals surface area contributed by atoms with Gasteiger partial charge in [-0.3, -0.25) is 0 Å². The van der Waals surface area contributed by atoms with Crippen molar-refractivity contribution in [3.05, 3.63) is 35.7 Å². The number of rotatable bonds is 1. The van der Waals surface area contributed by atoms with Crippen molar-refractivity contribution in [3.8, 4) is 5.75 Å². The fraction of sp³-hybridized carbons (Fsp3) is 0.462. The predicted molar refractivity (Wildman–Crippen MR) is 60.6 cm³/mol. The van der Waals surface area contributed by atoms with Crippen molar-refractivity contribution >= 4 is 0 Å². The number of hydrogen-bond acceptors (Lipinski definition) is 1. The van der Waals surface area contributed by atoms with E-state index in [4.69, 9.17) is 0 Å². The molecule has 0 aliphatic heterocycles. The summed E-state index contributed by atoms with van der Waals surface area (Å²) >= 11 is 0. The maximum atomic E-state index is 9.93. The lowest BCUT2D eigenvalue weighted by atomic mass is 9.84. The highest BCUT2D eigenvalue weighted by atomic mass is 16.3. The summed E-state index contributed by atoms with van der Waals surface area (Å²) in [4.78, 5) is 0. The van der Waals surface area contributed by atoms with Crippen LogP contribution >= 0.6 is 0 Å². The minimum atomic E-state index is -0.0139. The molecule has 1 heteroatoms. The molecule has 0 amide bonds. The summed E-state index contributed by atoms with van der Waals surface area (Å²) in [6.45, 7) is 12.1. The first kappa shape index (κ1) is 11.1. The molecule has 77 valence electrons. The Morgan fingerprint density at radius 1 is 1.29 bits per heavy atom. The number of hydrogen-bond donors (Lipinski definition) is 1. The highest BCUT2D eigenvalue weighted by molar-refractivity contribution is 5.46. The first-order valence-electron chi connectivity index (χ1n) is 4.98. The Morgan fingerprint density at radius 2 is 1.86 bits per heavy atom. The zero-order chi connectivity index (χ0) is 10.9. The lowest BCUT2D eigenvalue weighted by molar-refractivity contribution is 0.442. The van der Waals surface area contributed by atoms with Crippen LogP contribution in [0.5, 0.6) is 5.75 Å². The minimum Gasteiger partial charge on any atom is -0.507 e. The number of benzene rings is 1. The summed E-state index contributed by atoms with van der Waals surface area (Å²) < 4.78 is 0. The first-order valence-corrected chi connectivity index (χ1v) is 4.98. The van der Waals surface area contributed by atoms with E-state index < -0.39 is 0 Å². The van der Waals surface area contributed by atoms with Crippen LogP contribution in [0.25, 0.3) is 0 Å². The quantitative estimate of drug-likeness (QED) is 0.721. The monoisotopic (exact) mass is 191 g/mol. The van der Waals surface area contributed by atoms with Crippen LogP contribution in [0.1, 0.15) is 37.5 Å². The van der Waals surface area contributed by atoms with E-state index in [9.17, 15) is 5.11 Å². The summed E-state index contributed by atoms with van der Waals surface area (Å²) in [5.41, 5.74) is 3.12. The summed E-state index contributed by atoms with van der Waals surface area (Å²) in [6.07, 6.45) is 0.768. The van der Waals surface area contributed by atoms with Gasteiger partial charge in [0.1, 0.15) is 5.75 Å². The van der Waals surface area contributed by atoms with Crippen LogP contribution in [-0.4, -0.2) is 5.11 Å². The Hall–Kier alpha value is -0.980. The van der Waals surface area contributed by atoms with Crippen molar-refractivity contribution in [3.63, 3.8) is 0 Å². The van der Waals surface area contributed by atoms with Crippen LogP contribution in [0.4, 0.5) is 0 Å². The second-order valence-corrected chi connectivity index (χ2v) is 4.81. The Bertz CT molecular complexity index is 332. The van der Waals surface area contributed by atoms with E-state index in [1.807, 2.05) is 13.0 Å². The van der Waals surface area contributed by atoms with Gasteiger partial charge in [-0.15, -0.1) is 0 Å². The summed E-state index contributed by atoms with van der Waals surface area (Å²) in [7, 11) is 0. The number of aryl methyl sites for hydroxylation is 1. The van der Waals surface area contributed by atoms with E-state index in [1.165, 1.54) is 5.56 Å². The highest BCUT2D eigenvalue weighted by Gasteiger charge is 2.19. The zero-order valence-corrected chi connectivity index (χ0v) is 9.52. The molecule has 0 aliphatic carbocycles. The number of phenolic OH excluding ortho intramolecular Hbond substituents is 1. The Kier molecular flexibility index (Phi) is 2.89. The molecule has 1 aromatic carbocycles. The molecule has 1 aromatic rings. The van der Waals surface area contributed by atoms with Crippen molar-refractivity contribution in [1.29, 1.82) is 0 Å². The Morgan fingerprint density at radius 3 is 2.29 bits per heavy atom. The van der Waals surface area contributed by atoms with E-state index in [1.54, 1.807) is 0 Å². The molecule has 1 N–H and O–H groups in total. The van der Waals surface area contributed by atoms with E-state index in [-0.39, 0.29) is 5.41 Å². The molecule has 0 bridgehead atoms. The molecule has 1 nitrogen and oxygen atoms in total. The molecule has 14 heavy (non-hydrogen) atoms. The summed E-state index contributed by atoms with van der Waals surface area (Å²) in [6, 6.07) is 4.05. The second kappa shape index (κ2) is 3.64. The molecule has 0 saturated carbocycles. The van der Waals surface area contributed by atoms with Gasteiger partial charge in [0.05, 0.1) is 0 Å². The lowest BCUT2D eigenvalue weighted by Gasteiger charge is -2.22. The largest absolute Gasteiger partial charge is 0.507 e. The van der Waals surface area contributed by atoms with Gasteiger partial charge < -0.3 is 5.11 Å². The van der Waals surface area contributed by atoms with Crippen molar-refractivity contribution in [2.75, 3.05) is 0 Å². The molecule has 0 aromatic heterocycles. The average molecular weight is 191 g/mol. The van der Waals surface area contributed by atoms with Crippen LogP contribution in [-0.2, 0) is 11.8 Å². The van der Waals surface area contributed by atoms with Gasteiger partial charge in [-0.05, 0) is 42.4 Å². The van der Waals surface area contributed by atoms with Gasteiger partial charge in [-0.2, -0.15) is 0 Å². The fourth-order valence-electron chi connectivity index (χ4n) is 1.57. The van der Waals surface area contributed by atoms with Gasteiger partial charge in [-0.1, -0.05) is 32.9 Å². The van der Waals surface area contributed by atoms with E-state index >= 15 is 0 Å². The molecule has 1 rings (SSSR count). The molecule has 1 radical (unpaired) electrons. The van der Waals surface area contributed by atoms with Crippen molar-refractivity contribution in [2.45, 2.75) is 39.5 Å². The lowest BCUT2D eigenvalue weighted by Crippen LogP contribution is -2.12. The molecule has 0 saturated heterocycles. The molecular formula is C13H19O. The van der Waals surface area contributed by atoms with Gasteiger partial charge in [0.2, 0.25) is 0 Å². The second-order valence-electron chi connectivity index (χ2n) is 4.81. The Labute approximate surface area is 86.8 Å². The SMILES string of the molecule is [CH2]Cc1cc(C)c(O)c(C(C)(C)C)c1. The molecule has 0 aliphatic rings. The van der Waals surface area contributed by atoms with Gasteiger partial charge in [0.15, 0.2) is 0 Å². The first-order chi connectivity index (χ1) is 6.36. The molecule has 0 heterocycles. The van der Waals surface area contributed by atoms with Crippen molar-refractivity contribution in [2.24, 2.45) is 0 Å².